The summed E-state index contributed by atoms with van der Waals surface area (Å²) >= 11 is 5.33. The minimum absolute atomic E-state index is 0.0791. The largest absolute Gasteiger partial charge is 0.461 e. The lowest BCUT2D eigenvalue weighted by Gasteiger charge is -2.10. The molecular formula is C23H22ClF3O2. The second kappa shape index (κ2) is 7.86. The highest BCUT2D eigenvalue weighted by atomic mass is 35.5. The number of allylic oxidation sites excluding steroid dienone is 2. The van der Waals surface area contributed by atoms with Crippen LogP contribution in [0.5, 0.6) is 0 Å². The molecule has 0 aliphatic heterocycles. The van der Waals surface area contributed by atoms with Crippen molar-refractivity contribution >= 4 is 17.6 Å². The molecule has 0 radical (unpaired) electrons. The maximum absolute atomic E-state index is 12.7. The van der Waals surface area contributed by atoms with Crippen LogP contribution in [0.25, 0.3) is 11.1 Å². The highest BCUT2D eigenvalue weighted by Gasteiger charge is 2.62. The number of hydrogen-bond donors (Lipinski definition) is 0. The SMILES string of the molecule is Cc1cc(-c2ccccc2)ccc1COC(=O)[C@H]1[C@@H](/C=C(/Cl)C(F)(F)F)C1(C)C. The van der Waals surface area contributed by atoms with E-state index < -0.39 is 34.4 Å². The first-order valence-corrected chi connectivity index (χ1v) is 9.65. The molecule has 0 spiro atoms. The van der Waals surface area contributed by atoms with Gasteiger partial charge >= 0.3 is 12.1 Å². The Morgan fingerprint density at radius 3 is 2.38 bits per heavy atom. The molecule has 0 aromatic heterocycles. The number of esters is 1. The first kappa shape index (κ1) is 21.4. The van der Waals surface area contributed by atoms with Crippen molar-refractivity contribution in [3.05, 3.63) is 70.8 Å². The van der Waals surface area contributed by atoms with E-state index >= 15 is 0 Å². The summed E-state index contributed by atoms with van der Waals surface area (Å²) in [5.74, 6) is -1.73. The number of carbonyl (C=O) groups excluding carboxylic acids is 1. The lowest BCUT2D eigenvalue weighted by Crippen LogP contribution is -2.11. The summed E-state index contributed by atoms with van der Waals surface area (Å²) in [4.78, 5) is 12.5. The molecule has 2 aromatic rings. The Kier molecular flexibility index (Phi) is 5.81. The molecule has 154 valence electrons. The predicted octanol–water partition coefficient (Wildman–Crippen LogP) is 6.66. The molecule has 0 N–H and O–H groups in total. The van der Waals surface area contributed by atoms with Crippen molar-refractivity contribution in [3.8, 4) is 11.1 Å². The van der Waals surface area contributed by atoms with Gasteiger partial charge in [0.05, 0.1) is 5.92 Å². The zero-order valence-corrected chi connectivity index (χ0v) is 17.1. The fourth-order valence-corrected chi connectivity index (χ4v) is 3.73. The highest BCUT2D eigenvalue weighted by Crippen LogP contribution is 2.60. The fraction of sp³-hybridized carbons (Fsp3) is 0.348. The van der Waals surface area contributed by atoms with Crippen LogP contribution in [0.15, 0.2) is 59.6 Å². The number of alkyl halides is 3. The molecule has 1 aliphatic rings. The number of aryl methyl sites for hydroxylation is 1. The third-order valence-corrected chi connectivity index (χ3v) is 5.92. The molecule has 1 saturated carbocycles. The van der Waals surface area contributed by atoms with Crippen molar-refractivity contribution in [1.29, 1.82) is 0 Å². The van der Waals surface area contributed by atoms with E-state index in [-0.39, 0.29) is 6.61 Å². The zero-order valence-electron chi connectivity index (χ0n) is 16.4. The molecule has 0 amide bonds. The van der Waals surface area contributed by atoms with Gasteiger partial charge < -0.3 is 4.74 Å². The lowest BCUT2D eigenvalue weighted by atomic mass is 10.0. The van der Waals surface area contributed by atoms with Crippen LogP contribution < -0.4 is 0 Å². The maximum atomic E-state index is 12.7. The molecule has 2 atom stereocenters. The number of carbonyl (C=O) groups is 1. The number of rotatable bonds is 5. The van der Waals surface area contributed by atoms with Crippen LogP contribution in [0, 0.1) is 24.2 Å². The quantitative estimate of drug-likeness (QED) is 0.503. The van der Waals surface area contributed by atoms with Crippen molar-refractivity contribution in [2.75, 3.05) is 0 Å². The van der Waals surface area contributed by atoms with Crippen molar-refractivity contribution in [3.63, 3.8) is 0 Å². The number of hydrogen-bond acceptors (Lipinski definition) is 2. The molecule has 0 unspecified atom stereocenters. The second-order valence-electron chi connectivity index (χ2n) is 7.95. The summed E-state index contributed by atoms with van der Waals surface area (Å²) < 4.78 is 43.4. The number of ether oxygens (including phenoxy) is 1. The maximum Gasteiger partial charge on any atom is 0.426 e. The average molecular weight is 423 g/mol. The van der Waals surface area contributed by atoms with Gasteiger partial charge in [-0.2, -0.15) is 13.2 Å². The van der Waals surface area contributed by atoms with Gasteiger partial charge in [-0.25, -0.2) is 0 Å². The van der Waals surface area contributed by atoms with Gasteiger partial charge in [0.1, 0.15) is 11.6 Å². The Balaban J connectivity index is 1.65. The number of benzene rings is 2. The average Bonchev–Trinajstić information content (AvgIpc) is 3.20. The standard InChI is InChI=1S/C23H22ClF3O2/c1-14-11-16(15-7-5-4-6-8-15)9-10-17(14)13-29-21(28)20-18(22(20,2)3)12-19(24)23(25,26)27/h4-12,18,20H,13H2,1-3H3/b19-12+/t18-,20-/m1/s1. The predicted molar refractivity (Wildman–Crippen MR) is 107 cm³/mol. The molecule has 1 aliphatic carbocycles. The van der Waals surface area contributed by atoms with Gasteiger partial charge in [0.2, 0.25) is 0 Å². The Morgan fingerprint density at radius 2 is 1.79 bits per heavy atom. The second-order valence-corrected chi connectivity index (χ2v) is 8.36. The lowest BCUT2D eigenvalue weighted by molar-refractivity contribution is -0.147. The molecule has 2 nitrogen and oxygen atoms in total. The van der Waals surface area contributed by atoms with Crippen LogP contribution in [0.3, 0.4) is 0 Å². The molecule has 0 bridgehead atoms. The molecule has 2 aromatic carbocycles. The van der Waals surface area contributed by atoms with Crippen molar-refractivity contribution in [1.82, 2.24) is 0 Å². The van der Waals surface area contributed by atoms with Gasteiger partial charge in [-0.05, 0) is 40.5 Å². The van der Waals surface area contributed by atoms with Crippen LogP contribution in [-0.4, -0.2) is 12.1 Å². The summed E-state index contributed by atoms with van der Waals surface area (Å²) in [6, 6.07) is 15.8. The van der Waals surface area contributed by atoms with Crippen molar-refractivity contribution < 1.29 is 22.7 Å². The summed E-state index contributed by atoms with van der Waals surface area (Å²) in [7, 11) is 0. The smallest absolute Gasteiger partial charge is 0.426 e. The summed E-state index contributed by atoms with van der Waals surface area (Å²) in [5, 5.41) is -1.20. The minimum atomic E-state index is -4.60. The topological polar surface area (TPSA) is 26.3 Å². The van der Waals surface area contributed by atoms with Crippen LogP contribution >= 0.6 is 11.6 Å². The molecular weight excluding hydrogens is 401 g/mol. The van der Waals surface area contributed by atoms with Gasteiger partial charge in [-0.1, -0.05) is 80.1 Å². The van der Waals surface area contributed by atoms with E-state index in [0.29, 0.717) is 0 Å². The van der Waals surface area contributed by atoms with E-state index in [2.05, 4.69) is 0 Å². The van der Waals surface area contributed by atoms with E-state index in [1.54, 1.807) is 13.8 Å². The molecule has 6 heteroatoms. The van der Waals surface area contributed by atoms with Gasteiger partial charge in [0, 0.05) is 0 Å². The van der Waals surface area contributed by atoms with Gasteiger partial charge in [0.25, 0.3) is 0 Å². The van der Waals surface area contributed by atoms with Gasteiger partial charge in [-0.15, -0.1) is 0 Å². The van der Waals surface area contributed by atoms with E-state index in [9.17, 15) is 18.0 Å². The van der Waals surface area contributed by atoms with Gasteiger partial charge in [-0.3, -0.25) is 4.79 Å². The van der Waals surface area contributed by atoms with E-state index in [1.165, 1.54) is 0 Å². The Labute approximate surface area is 173 Å². The van der Waals surface area contributed by atoms with Crippen LogP contribution in [0.1, 0.15) is 25.0 Å². The van der Waals surface area contributed by atoms with E-state index in [0.717, 1.165) is 28.3 Å². The molecule has 0 saturated heterocycles. The Bertz CT molecular complexity index is 933. The van der Waals surface area contributed by atoms with Crippen LogP contribution in [0.4, 0.5) is 13.2 Å². The van der Waals surface area contributed by atoms with Crippen LogP contribution in [0.2, 0.25) is 0 Å². The first-order valence-electron chi connectivity index (χ1n) is 9.28. The fourth-order valence-electron chi connectivity index (χ4n) is 3.60. The first-order chi connectivity index (χ1) is 13.5. The Morgan fingerprint density at radius 1 is 1.14 bits per heavy atom. The van der Waals surface area contributed by atoms with Crippen molar-refractivity contribution in [2.45, 2.75) is 33.6 Å². The molecule has 1 fully saturated rings. The van der Waals surface area contributed by atoms with Gasteiger partial charge in [0.15, 0.2) is 0 Å². The zero-order chi connectivity index (χ0) is 21.4. The van der Waals surface area contributed by atoms with E-state index in [1.807, 2.05) is 55.5 Å². The highest BCUT2D eigenvalue weighted by molar-refractivity contribution is 6.30. The Hall–Kier alpha value is -2.27. The third kappa shape index (κ3) is 4.67. The normalized spacial score (nSPS) is 21.0. The molecule has 29 heavy (non-hydrogen) atoms. The summed E-state index contributed by atoms with van der Waals surface area (Å²) in [6.07, 6.45) is -3.68. The number of halogens is 4. The monoisotopic (exact) mass is 422 g/mol. The van der Waals surface area contributed by atoms with E-state index in [4.69, 9.17) is 16.3 Å². The molecule has 0 heterocycles. The van der Waals surface area contributed by atoms with Crippen LogP contribution in [-0.2, 0) is 16.1 Å². The van der Waals surface area contributed by atoms with Crippen molar-refractivity contribution in [2.24, 2.45) is 17.3 Å². The molecule has 3 rings (SSSR count). The minimum Gasteiger partial charge on any atom is -0.461 e. The summed E-state index contributed by atoms with van der Waals surface area (Å²) in [6.45, 7) is 5.49. The summed E-state index contributed by atoms with van der Waals surface area (Å²) in [5.41, 5.74) is 3.38. The third-order valence-electron chi connectivity index (χ3n) is 5.58.